The molecule has 4 nitrogen and oxygen atoms in total. The number of rotatable bonds is 3. The Hall–Kier alpha value is -1.60. The van der Waals surface area contributed by atoms with Crippen LogP contribution in [-0.4, -0.2) is 11.0 Å². The lowest BCUT2D eigenvalue weighted by atomic mass is 9.88. The Morgan fingerprint density at radius 2 is 2.22 bits per heavy atom. The van der Waals surface area contributed by atoms with Crippen LogP contribution >= 0.6 is 11.6 Å². The summed E-state index contributed by atoms with van der Waals surface area (Å²) in [6.07, 6.45) is 4.57. The van der Waals surface area contributed by atoms with E-state index in [0.29, 0.717) is 18.0 Å². The molecule has 1 aliphatic carbocycles. The first-order valence-electron chi connectivity index (χ1n) is 5.85. The number of esters is 1. The minimum absolute atomic E-state index is 0.131. The molecule has 0 saturated heterocycles. The van der Waals surface area contributed by atoms with Crippen molar-refractivity contribution in [1.29, 1.82) is 5.26 Å². The number of nitriles is 1. The Labute approximate surface area is 111 Å². The number of nitrogens with zero attached hydrogens (tertiary/aromatic N) is 2. The van der Waals surface area contributed by atoms with Gasteiger partial charge >= 0.3 is 5.97 Å². The minimum atomic E-state index is -0.931. The van der Waals surface area contributed by atoms with Gasteiger partial charge in [0.25, 0.3) is 0 Å². The van der Waals surface area contributed by atoms with Crippen LogP contribution in [0.4, 0.5) is 0 Å². The van der Waals surface area contributed by atoms with Gasteiger partial charge in [0, 0.05) is 11.8 Å². The second-order valence-corrected chi connectivity index (χ2v) is 4.85. The molecule has 1 saturated carbocycles. The predicted molar refractivity (Wildman–Crippen MR) is 65.6 cm³/mol. The Morgan fingerprint density at radius 3 is 2.78 bits per heavy atom. The highest BCUT2D eigenvalue weighted by atomic mass is 35.5. The average molecular weight is 265 g/mol. The molecule has 18 heavy (non-hydrogen) atoms. The van der Waals surface area contributed by atoms with E-state index in [1.54, 1.807) is 18.3 Å². The fourth-order valence-corrected chi connectivity index (χ4v) is 2.23. The van der Waals surface area contributed by atoms with Gasteiger partial charge in [-0.05, 0) is 18.9 Å². The van der Waals surface area contributed by atoms with Crippen LogP contribution in [0.5, 0.6) is 0 Å². The first-order chi connectivity index (χ1) is 8.66. The van der Waals surface area contributed by atoms with Gasteiger partial charge in [-0.1, -0.05) is 30.5 Å². The summed E-state index contributed by atoms with van der Waals surface area (Å²) in [6, 6.07) is 5.50. The molecule has 1 aliphatic rings. The van der Waals surface area contributed by atoms with Crippen LogP contribution in [0.2, 0.25) is 5.15 Å². The van der Waals surface area contributed by atoms with Gasteiger partial charge in [-0.15, -0.1) is 0 Å². The van der Waals surface area contributed by atoms with Crippen molar-refractivity contribution in [1.82, 2.24) is 4.98 Å². The summed E-state index contributed by atoms with van der Waals surface area (Å²) in [7, 11) is 0. The van der Waals surface area contributed by atoms with Crippen LogP contribution in [0.3, 0.4) is 0 Å². The lowest BCUT2D eigenvalue weighted by Crippen LogP contribution is -2.28. The van der Waals surface area contributed by atoms with E-state index in [4.69, 9.17) is 21.6 Å². The molecule has 5 heteroatoms. The lowest BCUT2D eigenvalue weighted by molar-refractivity contribution is -0.153. The average Bonchev–Trinajstić information content (AvgIpc) is 2.88. The largest absolute Gasteiger partial charge is 0.460 e. The van der Waals surface area contributed by atoms with Crippen molar-refractivity contribution in [2.45, 2.75) is 32.3 Å². The molecule has 0 N–H and O–H groups in total. The van der Waals surface area contributed by atoms with Gasteiger partial charge in [-0.2, -0.15) is 5.26 Å². The zero-order valence-corrected chi connectivity index (χ0v) is 10.6. The van der Waals surface area contributed by atoms with Crippen LogP contribution in [0.15, 0.2) is 18.3 Å². The number of pyridine rings is 1. The number of aromatic nitrogens is 1. The van der Waals surface area contributed by atoms with E-state index in [1.807, 2.05) is 0 Å². The van der Waals surface area contributed by atoms with Crippen molar-refractivity contribution in [3.63, 3.8) is 0 Å². The van der Waals surface area contributed by atoms with Crippen molar-refractivity contribution in [3.8, 4) is 6.07 Å². The fourth-order valence-electron chi connectivity index (χ4n) is 2.12. The molecular weight excluding hydrogens is 252 g/mol. The van der Waals surface area contributed by atoms with Crippen molar-refractivity contribution in [2.24, 2.45) is 5.41 Å². The number of carbonyl (C=O) groups is 1. The van der Waals surface area contributed by atoms with Gasteiger partial charge < -0.3 is 4.74 Å². The summed E-state index contributed by atoms with van der Waals surface area (Å²) >= 11 is 5.66. The summed E-state index contributed by atoms with van der Waals surface area (Å²) in [4.78, 5) is 15.8. The van der Waals surface area contributed by atoms with E-state index >= 15 is 0 Å². The molecule has 1 aromatic rings. The van der Waals surface area contributed by atoms with Crippen LogP contribution in [0.1, 0.15) is 31.2 Å². The predicted octanol–water partition coefficient (Wildman–Crippen LogP) is 2.86. The van der Waals surface area contributed by atoms with Gasteiger partial charge in [-0.25, -0.2) is 4.98 Å². The van der Waals surface area contributed by atoms with E-state index in [9.17, 15) is 4.79 Å². The topological polar surface area (TPSA) is 63.0 Å². The summed E-state index contributed by atoms with van der Waals surface area (Å²) in [6.45, 7) is 0.131. The SMILES string of the molecule is N#CC1(C(=O)OCc2ccc(Cl)nc2)CCCC1. The third-order valence-corrected chi connectivity index (χ3v) is 3.44. The first-order valence-corrected chi connectivity index (χ1v) is 6.23. The number of carbonyl (C=O) groups excluding carboxylic acids is 1. The highest BCUT2D eigenvalue weighted by molar-refractivity contribution is 6.29. The zero-order valence-electron chi connectivity index (χ0n) is 9.86. The van der Waals surface area contributed by atoms with Crippen molar-refractivity contribution in [3.05, 3.63) is 29.0 Å². The normalized spacial score (nSPS) is 17.1. The van der Waals surface area contributed by atoms with Crippen molar-refractivity contribution in [2.75, 3.05) is 0 Å². The monoisotopic (exact) mass is 264 g/mol. The third kappa shape index (κ3) is 2.62. The molecule has 0 amide bonds. The summed E-state index contributed by atoms with van der Waals surface area (Å²) in [5, 5.41) is 9.54. The van der Waals surface area contributed by atoms with Crippen LogP contribution in [0.25, 0.3) is 0 Å². The molecule has 0 bridgehead atoms. The standard InChI is InChI=1S/C13H13ClN2O2/c14-11-4-3-10(7-16-11)8-18-12(17)13(9-15)5-1-2-6-13/h3-4,7H,1-2,5-6,8H2. The van der Waals surface area contributed by atoms with Gasteiger partial charge in [0.2, 0.25) is 0 Å². The maximum absolute atomic E-state index is 11.9. The molecule has 0 atom stereocenters. The summed E-state index contributed by atoms with van der Waals surface area (Å²) in [5.41, 5.74) is -0.168. The zero-order chi connectivity index (χ0) is 13.0. The number of hydrogen-bond acceptors (Lipinski definition) is 4. The molecule has 1 fully saturated rings. The molecule has 1 heterocycles. The molecule has 0 radical (unpaired) electrons. The van der Waals surface area contributed by atoms with Gasteiger partial charge in [0.15, 0.2) is 5.41 Å². The fraction of sp³-hybridized carbons (Fsp3) is 0.462. The highest BCUT2D eigenvalue weighted by Gasteiger charge is 2.43. The molecule has 1 aromatic heterocycles. The maximum Gasteiger partial charge on any atom is 0.326 e. The summed E-state index contributed by atoms with van der Waals surface area (Å²) < 4.78 is 5.20. The van der Waals surface area contributed by atoms with Crippen molar-refractivity contribution < 1.29 is 9.53 Å². The van der Waals surface area contributed by atoms with E-state index in [-0.39, 0.29) is 6.61 Å². The van der Waals surface area contributed by atoms with E-state index in [2.05, 4.69) is 11.1 Å². The minimum Gasteiger partial charge on any atom is -0.460 e. The van der Waals surface area contributed by atoms with Crippen LogP contribution in [-0.2, 0) is 16.1 Å². The van der Waals surface area contributed by atoms with Gasteiger partial charge in [0.05, 0.1) is 6.07 Å². The van der Waals surface area contributed by atoms with Crippen molar-refractivity contribution >= 4 is 17.6 Å². The Morgan fingerprint density at radius 1 is 1.50 bits per heavy atom. The highest BCUT2D eigenvalue weighted by Crippen LogP contribution is 2.38. The first kappa shape index (κ1) is 12.8. The van der Waals surface area contributed by atoms with Crippen LogP contribution < -0.4 is 0 Å². The Kier molecular flexibility index (Phi) is 3.83. The molecule has 2 rings (SSSR count). The molecule has 0 aromatic carbocycles. The molecule has 94 valence electrons. The Bertz CT molecular complexity index is 473. The van der Waals surface area contributed by atoms with E-state index in [1.165, 1.54) is 0 Å². The molecule has 0 spiro atoms. The maximum atomic E-state index is 11.9. The van der Waals surface area contributed by atoms with E-state index < -0.39 is 11.4 Å². The van der Waals surface area contributed by atoms with E-state index in [0.717, 1.165) is 18.4 Å². The lowest BCUT2D eigenvalue weighted by Gasteiger charge is -2.17. The Balaban J connectivity index is 1.96. The summed E-state index contributed by atoms with van der Waals surface area (Å²) in [5.74, 6) is -0.419. The smallest absolute Gasteiger partial charge is 0.326 e. The van der Waals surface area contributed by atoms with Crippen LogP contribution in [0, 0.1) is 16.7 Å². The number of hydrogen-bond donors (Lipinski definition) is 0. The second-order valence-electron chi connectivity index (χ2n) is 4.47. The quantitative estimate of drug-likeness (QED) is 0.622. The molecule has 0 aliphatic heterocycles. The number of ether oxygens (including phenoxy) is 1. The van der Waals surface area contributed by atoms with Gasteiger partial charge in [0.1, 0.15) is 11.8 Å². The molecular formula is C13H13ClN2O2. The third-order valence-electron chi connectivity index (χ3n) is 3.22. The molecule has 0 unspecified atom stereocenters. The second kappa shape index (κ2) is 5.36. The van der Waals surface area contributed by atoms with Gasteiger partial charge in [-0.3, -0.25) is 4.79 Å². The number of halogens is 1.